The van der Waals surface area contributed by atoms with Gasteiger partial charge >= 0.3 is 0 Å². The second-order valence-corrected chi connectivity index (χ2v) is 9.86. The lowest BCUT2D eigenvalue weighted by Gasteiger charge is -2.26. The fourth-order valence-electron chi connectivity index (χ4n) is 5.59. The van der Waals surface area contributed by atoms with Crippen LogP contribution in [-0.4, -0.2) is 27.8 Å². The molecule has 0 spiro atoms. The molecule has 1 aliphatic heterocycles. The summed E-state index contributed by atoms with van der Waals surface area (Å²) in [5.74, 6) is -0.476. The Kier molecular flexibility index (Phi) is 5.97. The molecule has 6 rings (SSSR count). The predicted octanol–water partition coefficient (Wildman–Crippen LogP) is 6.21. The van der Waals surface area contributed by atoms with Crippen LogP contribution in [0.3, 0.4) is 0 Å². The number of anilines is 1. The molecule has 0 saturated heterocycles. The van der Waals surface area contributed by atoms with Crippen LogP contribution in [0, 0.1) is 18.3 Å². The number of benzene rings is 4. The Labute approximate surface area is 226 Å². The van der Waals surface area contributed by atoms with E-state index in [9.17, 15) is 9.59 Å². The minimum Gasteiger partial charge on any atom is -0.343 e. The number of amides is 2. The van der Waals surface area contributed by atoms with Gasteiger partial charge in [-0.1, -0.05) is 66.2 Å². The zero-order chi connectivity index (χ0) is 27.1. The molecule has 0 bridgehead atoms. The molecule has 0 fully saturated rings. The highest BCUT2D eigenvalue weighted by Gasteiger charge is 2.41. The number of hydrogen-bond donors (Lipinski definition) is 1. The van der Waals surface area contributed by atoms with Crippen LogP contribution in [0.2, 0.25) is 0 Å². The summed E-state index contributed by atoms with van der Waals surface area (Å²) in [5.41, 5.74) is 7.87. The Hall–Kier alpha value is -5.15. The zero-order valence-electron chi connectivity index (χ0n) is 21.7. The van der Waals surface area contributed by atoms with Crippen LogP contribution in [-0.2, 0) is 11.8 Å². The molecule has 2 amide bonds. The van der Waals surface area contributed by atoms with Crippen LogP contribution in [0.1, 0.15) is 38.7 Å². The van der Waals surface area contributed by atoms with Gasteiger partial charge in [-0.25, -0.2) is 0 Å². The number of nitrogens with one attached hydrogen (secondary N) is 1. The number of hydrogen-bond acceptors (Lipinski definition) is 3. The molecule has 0 radical (unpaired) electrons. The summed E-state index contributed by atoms with van der Waals surface area (Å²) < 4.78 is 2.18. The second kappa shape index (κ2) is 9.62. The van der Waals surface area contributed by atoms with E-state index in [1.807, 2.05) is 43.4 Å². The van der Waals surface area contributed by atoms with E-state index in [0.717, 1.165) is 33.3 Å². The largest absolute Gasteiger partial charge is 0.343 e. The summed E-state index contributed by atoms with van der Waals surface area (Å²) in [7, 11) is 2.05. The fourth-order valence-corrected chi connectivity index (χ4v) is 5.59. The summed E-state index contributed by atoms with van der Waals surface area (Å²) >= 11 is 0. The number of fused-ring (bicyclic) bond motifs is 2. The summed E-state index contributed by atoms with van der Waals surface area (Å²) in [4.78, 5) is 28.7. The number of aromatic nitrogens is 1. The van der Waals surface area contributed by atoms with Crippen LogP contribution in [0.15, 0.2) is 97.1 Å². The molecule has 39 heavy (non-hydrogen) atoms. The van der Waals surface area contributed by atoms with Crippen molar-refractivity contribution >= 4 is 28.4 Å². The van der Waals surface area contributed by atoms with Crippen molar-refractivity contribution < 1.29 is 9.59 Å². The van der Waals surface area contributed by atoms with E-state index in [4.69, 9.17) is 5.26 Å². The molecule has 2 heterocycles. The number of nitriles is 1. The van der Waals surface area contributed by atoms with Gasteiger partial charge in [-0.3, -0.25) is 9.59 Å². The summed E-state index contributed by atoms with van der Waals surface area (Å²) in [6.07, 6.45) is 0. The Morgan fingerprint density at radius 2 is 1.62 bits per heavy atom. The topological polar surface area (TPSA) is 78.1 Å². The van der Waals surface area contributed by atoms with Crippen LogP contribution in [0.25, 0.3) is 22.2 Å². The molecule has 4 aromatic carbocycles. The monoisotopic (exact) mass is 510 g/mol. The van der Waals surface area contributed by atoms with Crippen LogP contribution >= 0.6 is 0 Å². The number of carbonyl (C=O) groups excluding carboxylic acids is 2. The summed E-state index contributed by atoms with van der Waals surface area (Å²) in [6.45, 7) is 1.95. The maximum absolute atomic E-state index is 13.8. The van der Waals surface area contributed by atoms with Crippen molar-refractivity contribution in [2.75, 3.05) is 11.9 Å². The molecule has 1 unspecified atom stereocenters. The highest BCUT2D eigenvalue weighted by molar-refractivity contribution is 6.05. The number of para-hydroxylation sites is 1. The predicted molar refractivity (Wildman–Crippen MR) is 152 cm³/mol. The van der Waals surface area contributed by atoms with Gasteiger partial charge in [-0.15, -0.1) is 0 Å². The van der Waals surface area contributed by atoms with Crippen molar-refractivity contribution in [2.45, 2.75) is 13.0 Å². The fraction of sp³-hybridized carbons (Fsp3) is 0.121. The van der Waals surface area contributed by atoms with E-state index in [-0.39, 0.29) is 18.4 Å². The van der Waals surface area contributed by atoms with Crippen molar-refractivity contribution in [1.82, 2.24) is 9.47 Å². The van der Waals surface area contributed by atoms with Gasteiger partial charge in [-0.2, -0.15) is 5.26 Å². The van der Waals surface area contributed by atoms with E-state index in [2.05, 4.69) is 59.3 Å². The van der Waals surface area contributed by atoms with Crippen molar-refractivity contribution in [1.29, 1.82) is 5.26 Å². The molecule has 1 aromatic heterocycles. The first kappa shape index (κ1) is 24.2. The van der Waals surface area contributed by atoms with Crippen molar-refractivity contribution in [3.8, 4) is 17.3 Å². The van der Waals surface area contributed by atoms with Gasteiger partial charge in [0, 0.05) is 34.8 Å². The van der Waals surface area contributed by atoms with Crippen molar-refractivity contribution in [3.05, 3.63) is 125 Å². The third-order valence-corrected chi connectivity index (χ3v) is 7.41. The van der Waals surface area contributed by atoms with E-state index in [1.165, 1.54) is 5.56 Å². The third-order valence-electron chi connectivity index (χ3n) is 7.41. The Bertz CT molecular complexity index is 1780. The minimum atomic E-state index is -0.442. The molecule has 190 valence electrons. The van der Waals surface area contributed by atoms with Crippen molar-refractivity contribution in [2.24, 2.45) is 7.05 Å². The summed E-state index contributed by atoms with van der Waals surface area (Å²) in [5, 5.41) is 13.0. The lowest BCUT2D eigenvalue weighted by atomic mass is 9.93. The highest BCUT2D eigenvalue weighted by Crippen LogP contribution is 2.46. The Morgan fingerprint density at radius 1 is 0.923 bits per heavy atom. The first-order valence-corrected chi connectivity index (χ1v) is 12.8. The van der Waals surface area contributed by atoms with Crippen LogP contribution in [0.4, 0.5) is 5.69 Å². The van der Waals surface area contributed by atoms with E-state index < -0.39 is 6.04 Å². The number of nitrogens with zero attached hydrogens (tertiary/aromatic N) is 3. The van der Waals surface area contributed by atoms with Gasteiger partial charge in [0.1, 0.15) is 6.54 Å². The van der Waals surface area contributed by atoms with Gasteiger partial charge in [0.05, 0.1) is 23.4 Å². The van der Waals surface area contributed by atoms with E-state index >= 15 is 0 Å². The maximum Gasteiger partial charge on any atom is 0.255 e. The molecule has 1 N–H and O–H groups in total. The summed E-state index contributed by atoms with van der Waals surface area (Å²) in [6, 6.07) is 32.5. The molecular weight excluding hydrogens is 484 g/mol. The third kappa shape index (κ3) is 4.14. The Balaban J connectivity index is 1.48. The average molecular weight is 511 g/mol. The lowest BCUT2D eigenvalue weighted by Crippen LogP contribution is -2.36. The van der Waals surface area contributed by atoms with Crippen LogP contribution < -0.4 is 5.32 Å². The van der Waals surface area contributed by atoms with E-state index in [0.29, 0.717) is 16.8 Å². The molecule has 1 aliphatic rings. The molecular formula is C33H26N4O2. The molecule has 0 aliphatic carbocycles. The highest BCUT2D eigenvalue weighted by atomic mass is 16.2. The number of rotatable bonds is 5. The first-order valence-electron chi connectivity index (χ1n) is 12.8. The van der Waals surface area contributed by atoms with Gasteiger partial charge in [0.25, 0.3) is 5.91 Å². The maximum atomic E-state index is 13.8. The molecule has 5 aromatic rings. The van der Waals surface area contributed by atoms with Crippen LogP contribution in [0.5, 0.6) is 0 Å². The van der Waals surface area contributed by atoms with Gasteiger partial charge in [0.2, 0.25) is 5.91 Å². The van der Waals surface area contributed by atoms with Gasteiger partial charge < -0.3 is 14.8 Å². The molecule has 1 atom stereocenters. The molecule has 0 saturated carbocycles. The molecule has 6 nitrogen and oxygen atoms in total. The zero-order valence-corrected chi connectivity index (χ0v) is 21.7. The number of aryl methyl sites for hydroxylation is 2. The molecule has 6 heteroatoms. The second-order valence-electron chi connectivity index (χ2n) is 9.86. The van der Waals surface area contributed by atoms with E-state index in [1.54, 1.807) is 29.2 Å². The van der Waals surface area contributed by atoms with Gasteiger partial charge in [-0.05, 0) is 54.4 Å². The van der Waals surface area contributed by atoms with Crippen molar-refractivity contribution in [3.63, 3.8) is 0 Å². The lowest BCUT2D eigenvalue weighted by molar-refractivity contribution is -0.117. The normalized spacial score (nSPS) is 14.3. The average Bonchev–Trinajstić information content (AvgIpc) is 3.40. The Morgan fingerprint density at radius 3 is 2.36 bits per heavy atom. The smallest absolute Gasteiger partial charge is 0.255 e. The quantitative estimate of drug-likeness (QED) is 0.305. The first-order chi connectivity index (χ1) is 19.0. The van der Waals surface area contributed by atoms with Gasteiger partial charge in [0.15, 0.2) is 0 Å². The standard InChI is InChI=1S/C33H26N4O2/c1-21-11-15-23(16-12-21)31-30(27-9-5-6-10-28(27)36(31)2)32-25-7-3-4-8-26(25)33(39)37(32)20-29(38)35-24-17-13-22(19-34)14-18-24/h3-18,32H,20H2,1-2H3,(H,35,38). The minimum absolute atomic E-state index is 0.116. The number of carbonyl (C=O) groups is 2. The SMILES string of the molecule is Cc1ccc(-c2c(C3c4ccccc4C(=O)N3CC(=O)Nc3ccc(C#N)cc3)c3ccccc3n2C)cc1.